The Morgan fingerprint density at radius 1 is 0.525 bits per heavy atom. The molecule has 302 valence electrons. The number of benzene rings is 4. The zero-order chi connectivity index (χ0) is 42.9. The summed E-state index contributed by atoms with van der Waals surface area (Å²) in [5.41, 5.74) is 16.3. The van der Waals surface area contributed by atoms with Gasteiger partial charge in [-0.1, -0.05) is 12.1 Å². The maximum atomic E-state index is 13.4. The minimum Gasteiger partial charge on any atom is -0.398 e. The zero-order valence-corrected chi connectivity index (χ0v) is 35.7. The van der Waals surface area contributed by atoms with E-state index in [0.717, 1.165) is 36.4 Å². The van der Waals surface area contributed by atoms with E-state index in [1.54, 1.807) is 50.2 Å². The average Bonchev–Trinajstić information content (AvgIpc) is 3.09. The van der Waals surface area contributed by atoms with Crippen LogP contribution in [0.3, 0.4) is 0 Å². The van der Waals surface area contributed by atoms with Crippen LogP contribution in [0, 0.1) is 13.8 Å². The van der Waals surface area contributed by atoms with Crippen molar-refractivity contribution in [2.24, 2.45) is 10.2 Å². The van der Waals surface area contributed by atoms with Gasteiger partial charge in [-0.15, -0.1) is 0 Å². The molecule has 0 radical (unpaired) electrons. The molecule has 25 heteroatoms. The van der Waals surface area contributed by atoms with Crippen LogP contribution in [0.15, 0.2) is 90.5 Å². The van der Waals surface area contributed by atoms with Crippen LogP contribution in [0.2, 0.25) is 0 Å². The number of fused-ring (bicyclic) bond motifs is 2. The van der Waals surface area contributed by atoms with Gasteiger partial charge in [0.25, 0.3) is 40.5 Å². The number of nitrogens with two attached hydrogens (primary N) is 2. The molecule has 0 bridgehead atoms. The summed E-state index contributed by atoms with van der Waals surface area (Å²) in [6.45, 7) is 3.32. The van der Waals surface area contributed by atoms with E-state index in [1.165, 1.54) is 0 Å². The van der Waals surface area contributed by atoms with Crippen molar-refractivity contribution in [2.45, 2.75) is 23.6 Å². The van der Waals surface area contributed by atoms with Crippen LogP contribution in [0.4, 0.5) is 22.7 Å². The van der Waals surface area contributed by atoms with Crippen molar-refractivity contribution in [1.29, 1.82) is 0 Å². The number of aryl methyl sites for hydroxylation is 2. The molecule has 0 saturated heterocycles. The van der Waals surface area contributed by atoms with Gasteiger partial charge in [0.1, 0.15) is 9.81 Å². The first-order valence-electron chi connectivity index (χ1n) is 16.0. The molecule has 0 aromatic heterocycles. The molecule has 20 nitrogen and oxygen atoms in total. The summed E-state index contributed by atoms with van der Waals surface area (Å²) in [5.74, 6) is -2.14. The number of allylic oxidation sites excluding steroid dienone is 2. The fraction of sp³-hybridized carbons (Fsp3) is 0.0588. The van der Waals surface area contributed by atoms with Gasteiger partial charge in [0.2, 0.25) is 11.6 Å². The van der Waals surface area contributed by atoms with Crippen molar-refractivity contribution >= 4 is 98.4 Å². The smallest absolute Gasteiger partial charge is 0.398 e. The number of hydrogen-bond acceptors (Lipinski definition) is 16. The number of anilines is 4. The maximum Gasteiger partial charge on any atom is 1.00 e. The Bertz CT molecular complexity index is 2930. The third-order valence-electron chi connectivity index (χ3n) is 8.78. The van der Waals surface area contributed by atoms with Crippen LogP contribution in [-0.2, 0) is 40.5 Å². The van der Waals surface area contributed by atoms with Crippen molar-refractivity contribution in [3.05, 3.63) is 104 Å². The molecule has 4 aromatic carbocycles. The Labute approximate surface area is 358 Å². The monoisotopic (exact) mass is 895 g/mol. The van der Waals surface area contributed by atoms with Gasteiger partial charge in [0.05, 0.1) is 32.3 Å². The first-order valence-corrected chi connectivity index (χ1v) is 21.7. The number of nitrogen functional groups attached to an aromatic ring is 2. The normalized spacial score (nSPS) is 15.8. The SMILES string of the molecule is Cc1cc(-c2ccc(NN=C3C(=O)c4c(N)cc(S(=O)(=O)O)cc4C=C3S(=O)(=O)O)c(C)c2)ccc1NN=C1C(=O)c2c(N)cc(S(=O)(=O)O)cc2C=C1S(=O)(=O)O.[Na+]. The molecule has 59 heavy (non-hydrogen) atoms. The number of nitrogens with one attached hydrogen (secondary N) is 2. The van der Waals surface area contributed by atoms with Crippen molar-refractivity contribution in [2.75, 3.05) is 22.3 Å². The van der Waals surface area contributed by atoms with Crippen LogP contribution >= 0.6 is 0 Å². The molecule has 0 fully saturated rings. The van der Waals surface area contributed by atoms with Gasteiger partial charge < -0.3 is 11.5 Å². The zero-order valence-electron chi connectivity index (χ0n) is 30.5. The Hall–Kier alpha value is -5.12. The van der Waals surface area contributed by atoms with E-state index in [1.807, 2.05) is 0 Å². The first-order chi connectivity index (χ1) is 26.8. The predicted molar refractivity (Wildman–Crippen MR) is 213 cm³/mol. The van der Waals surface area contributed by atoms with E-state index in [-0.39, 0.29) is 51.8 Å². The van der Waals surface area contributed by atoms with Crippen LogP contribution in [0.1, 0.15) is 43.0 Å². The summed E-state index contributed by atoms with van der Waals surface area (Å²) in [4.78, 5) is 23.4. The largest absolute Gasteiger partial charge is 1.00 e. The number of rotatable bonds is 9. The van der Waals surface area contributed by atoms with E-state index >= 15 is 0 Å². The molecule has 0 spiro atoms. The van der Waals surface area contributed by atoms with Crippen molar-refractivity contribution in [1.82, 2.24) is 0 Å². The summed E-state index contributed by atoms with van der Waals surface area (Å²) in [7, 11) is -19.8. The molecule has 2 aliphatic rings. The number of carbonyl (C=O) groups excluding carboxylic acids is 2. The summed E-state index contributed by atoms with van der Waals surface area (Å²) >= 11 is 0. The summed E-state index contributed by atoms with van der Waals surface area (Å²) in [6, 6.07) is 13.0. The quantitative estimate of drug-likeness (QED) is 0.0488. The molecule has 0 aliphatic heterocycles. The Balaban J connectivity index is 0.00000661. The molecular formula is C34H28N6NaO14S4+. The Kier molecular flexibility index (Phi) is 12.1. The van der Waals surface area contributed by atoms with Gasteiger partial charge in [-0.25, -0.2) is 0 Å². The third kappa shape index (κ3) is 9.07. The minimum atomic E-state index is -5.10. The number of nitrogens with zero attached hydrogens (tertiary/aromatic N) is 2. The second kappa shape index (κ2) is 15.8. The topological polar surface area (TPSA) is 352 Å². The Morgan fingerprint density at radius 3 is 1.15 bits per heavy atom. The van der Waals surface area contributed by atoms with Gasteiger partial charge in [-0.3, -0.25) is 38.7 Å². The number of carbonyl (C=O) groups is 2. The van der Waals surface area contributed by atoms with Gasteiger partial charge in [-0.05, 0) is 108 Å². The van der Waals surface area contributed by atoms with Gasteiger partial charge >= 0.3 is 29.6 Å². The van der Waals surface area contributed by atoms with Crippen LogP contribution in [-0.4, -0.2) is 74.9 Å². The van der Waals surface area contributed by atoms with E-state index in [2.05, 4.69) is 21.1 Å². The summed E-state index contributed by atoms with van der Waals surface area (Å²) in [6.07, 6.45) is 1.58. The predicted octanol–water partition coefficient (Wildman–Crippen LogP) is 0.418. The Morgan fingerprint density at radius 2 is 0.864 bits per heavy atom. The second-order valence-corrected chi connectivity index (χ2v) is 18.4. The minimum absolute atomic E-state index is 0. The van der Waals surface area contributed by atoms with Gasteiger partial charge in [0, 0.05) is 11.4 Å². The standard InChI is InChI=1S/C34H28N6O14S4.Na/c1-15-7-17(3-5-25(15)37-39-31-27(57(49,50)51)11-19-9-21(55(43,44)45)13-23(35)29(19)33(31)41)18-4-6-26(16(2)8-18)38-40-32-28(58(52,53)54)12-20-10-22(56(46,47)48)14-24(36)30(20)34(32)42;/h3-14,37-38H,35-36H2,1-2H3,(H,43,44,45)(H,46,47,48)(H,49,50,51)(H,52,53,54);/q;+1. The third-order valence-corrected chi connectivity index (χ3v) is 12.2. The molecule has 10 N–H and O–H groups in total. The molecule has 0 unspecified atom stereocenters. The van der Waals surface area contributed by atoms with E-state index in [9.17, 15) is 61.5 Å². The van der Waals surface area contributed by atoms with Crippen molar-refractivity contribution in [3.63, 3.8) is 0 Å². The second-order valence-electron chi connectivity index (χ2n) is 12.7. The van der Waals surface area contributed by atoms with Crippen LogP contribution in [0.5, 0.6) is 0 Å². The molecule has 6 rings (SSSR count). The molecule has 0 heterocycles. The van der Waals surface area contributed by atoms with Crippen LogP contribution in [0.25, 0.3) is 23.3 Å². The summed E-state index contributed by atoms with van der Waals surface area (Å²) in [5, 5.41) is 7.88. The van der Waals surface area contributed by atoms with Gasteiger partial charge in [-0.2, -0.15) is 43.9 Å². The molecule has 0 saturated carbocycles. The van der Waals surface area contributed by atoms with E-state index in [0.29, 0.717) is 33.6 Å². The molecular weight excluding hydrogens is 868 g/mol. The number of Topliss-reactive ketones (excluding diaryl/α,β-unsaturated/α-hetero) is 2. The van der Waals surface area contributed by atoms with Crippen LogP contribution < -0.4 is 51.9 Å². The number of hydrazone groups is 2. The molecule has 2 aliphatic carbocycles. The molecule has 0 atom stereocenters. The number of ketones is 2. The van der Waals surface area contributed by atoms with Gasteiger partial charge in [0.15, 0.2) is 11.4 Å². The van der Waals surface area contributed by atoms with E-state index < -0.39 is 94.4 Å². The number of hydrogen-bond donors (Lipinski definition) is 8. The molecule has 0 amide bonds. The fourth-order valence-electron chi connectivity index (χ4n) is 6.02. The maximum absolute atomic E-state index is 13.4. The summed E-state index contributed by atoms with van der Waals surface area (Å²) < 4.78 is 134. The first kappa shape index (κ1) is 45.0. The average molecular weight is 896 g/mol. The van der Waals surface area contributed by atoms with Crippen molar-refractivity contribution in [3.8, 4) is 11.1 Å². The molecule has 4 aromatic rings. The van der Waals surface area contributed by atoms with E-state index in [4.69, 9.17) is 11.5 Å². The van der Waals surface area contributed by atoms with Crippen molar-refractivity contribution < 1.29 is 91.0 Å². The fourth-order valence-corrected chi connectivity index (χ4v) is 8.44.